The number of halogens is 1. The summed E-state index contributed by atoms with van der Waals surface area (Å²) in [4.78, 5) is 27.7. The predicted octanol–water partition coefficient (Wildman–Crippen LogP) is 5.46. The quantitative estimate of drug-likeness (QED) is 0.297. The molecule has 0 aliphatic carbocycles. The van der Waals surface area contributed by atoms with Crippen LogP contribution in [-0.4, -0.2) is 29.0 Å². The van der Waals surface area contributed by atoms with Crippen molar-refractivity contribution < 1.29 is 28.9 Å². The number of phenols is 1. The highest BCUT2D eigenvalue weighted by atomic mass is 19.1. The third kappa shape index (κ3) is 4.37. The summed E-state index contributed by atoms with van der Waals surface area (Å²) in [7, 11) is 1.56. The lowest BCUT2D eigenvalue weighted by Crippen LogP contribution is -2.29. The summed E-state index contributed by atoms with van der Waals surface area (Å²) in [5.74, 6) is -1.88. The zero-order valence-corrected chi connectivity index (χ0v) is 19.9. The number of aliphatic hydroxyl groups is 1. The molecule has 0 radical (unpaired) electrons. The number of rotatable bonds is 4. The lowest BCUT2D eigenvalue weighted by molar-refractivity contribution is -0.132. The standard InChI is InChI=1S/C28H26FNO5/c1-28(2,3)21-15-17(7-14-22(21)35-4)25(32)23-24(16-5-12-20(31)13-6-16)30(27(34)26(23)33)19-10-8-18(29)9-11-19/h5-15,24,31-32H,1-4H3/b25-23-. The normalized spacial score (nSPS) is 17.6. The Morgan fingerprint density at radius 3 is 2.17 bits per heavy atom. The first-order chi connectivity index (χ1) is 16.5. The van der Waals surface area contributed by atoms with Crippen molar-refractivity contribution in [1.82, 2.24) is 0 Å². The van der Waals surface area contributed by atoms with Gasteiger partial charge in [-0.3, -0.25) is 14.5 Å². The Balaban J connectivity index is 1.95. The van der Waals surface area contributed by atoms with Gasteiger partial charge in [0, 0.05) is 16.8 Å². The smallest absolute Gasteiger partial charge is 0.300 e. The van der Waals surface area contributed by atoms with Gasteiger partial charge in [-0.25, -0.2) is 4.39 Å². The van der Waals surface area contributed by atoms with E-state index in [1.54, 1.807) is 37.4 Å². The highest BCUT2D eigenvalue weighted by Gasteiger charge is 2.47. The fourth-order valence-electron chi connectivity index (χ4n) is 4.27. The van der Waals surface area contributed by atoms with Crippen molar-refractivity contribution in [3.63, 3.8) is 0 Å². The van der Waals surface area contributed by atoms with Crippen LogP contribution < -0.4 is 9.64 Å². The van der Waals surface area contributed by atoms with Gasteiger partial charge in [0.05, 0.1) is 18.7 Å². The molecule has 4 rings (SSSR count). The Hall–Kier alpha value is -4.13. The average Bonchev–Trinajstić information content (AvgIpc) is 3.09. The van der Waals surface area contributed by atoms with Gasteiger partial charge in [0.15, 0.2) is 0 Å². The first-order valence-corrected chi connectivity index (χ1v) is 11.1. The Morgan fingerprint density at radius 2 is 1.60 bits per heavy atom. The molecule has 1 atom stereocenters. The number of hydrogen-bond acceptors (Lipinski definition) is 5. The number of ketones is 1. The SMILES string of the molecule is COc1ccc(/C(O)=C2/C(=O)C(=O)N(c3ccc(F)cc3)C2c2ccc(O)cc2)cc1C(C)(C)C. The molecule has 1 amide bonds. The second-order valence-electron chi connectivity index (χ2n) is 9.40. The number of methoxy groups -OCH3 is 1. The van der Waals surface area contributed by atoms with Crippen molar-refractivity contribution in [3.8, 4) is 11.5 Å². The van der Waals surface area contributed by atoms with Crippen LogP contribution in [0.5, 0.6) is 11.5 Å². The van der Waals surface area contributed by atoms with E-state index in [1.807, 2.05) is 20.8 Å². The van der Waals surface area contributed by atoms with Crippen molar-refractivity contribution in [1.29, 1.82) is 0 Å². The van der Waals surface area contributed by atoms with Crippen molar-refractivity contribution in [3.05, 3.63) is 94.8 Å². The molecule has 1 saturated heterocycles. The van der Waals surface area contributed by atoms with Crippen molar-refractivity contribution in [2.45, 2.75) is 32.2 Å². The van der Waals surface area contributed by atoms with Gasteiger partial charge < -0.3 is 14.9 Å². The van der Waals surface area contributed by atoms with Crippen LogP contribution in [0.15, 0.2) is 72.3 Å². The Kier molecular flexibility index (Phi) is 6.11. The highest BCUT2D eigenvalue weighted by Crippen LogP contribution is 2.43. The van der Waals surface area contributed by atoms with Crippen molar-refractivity contribution in [2.75, 3.05) is 12.0 Å². The van der Waals surface area contributed by atoms with E-state index in [9.17, 15) is 24.2 Å². The number of amides is 1. The fourth-order valence-corrected chi connectivity index (χ4v) is 4.27. The molecule has 7 heteroatoms. The molecule has 35 heavy (non-hydrogen) atoms. The maximum atomic E-state index is 13.6. The van der Waals surface area contributed by atoms with E-state index in [0.29, 0.717) is 22.6 Å². The molecular formula is C28H26FNO5. The van der Waals surface area contributed by atoms with E-state index in [2.05, 4.69) is 0 Å². The number of aliphatic hydroxyl groups excluding tert-OH is 1. The molecule has 1 fully saturated rings. The molecule has 1 heterocycles. The first kappa shape index (κ1) is 24.0. The number of carbonyl (C=O) groups is 2. The Bertz CT molecular complexity index is 1320. The van der Waals surface area contributed by atoms with Crippen LogP contribution in [0.3, 0.4) is 0 Å². The zero-order chi connectivity index (χ0) is 25.5. The summed E-state index contributed by atoms with van der Waals surface area (Å²) >= 11 is 0. The second-order valence-corrected chi connectivity index (χ2v) is 9.40. The molecule has 0 aromatic heterocycles. The number of phenolic OH excluding ortho intramolecular Hbond substituents is 1. The lowest BCUT2D eigenvalue weighted by atomic mass is 9.84. The van der Waals surface area contributed by atoms with Crippen LogP contribution in [-0.2, 0) is 15.0 Å². The van der Waals surface area contributed by atoms with E-state index in [-0.39, 0.29) is 22.5 Å². The molecule has 3 aromatic carbocycles. The summed E-state index contributed by atoms with van der Waals surface area (Å²) in [6, 6.07) is 15.3. The van der Waals surface area contributed by atoms with Gasteiger partial charge in [0.2, 0.25) is 0 Å². The largest absolute Gasteiger partial charge is 0.508 e. The first-order valence-electron chi connectivity index (χ1n) is 11.1. The summed E-state index contributed by atoms with van der Waals surface area (Å²) < 4.78 is 19.1. The van der Waals surface area contributed by atoms with Gasteiger partial charge in [-0.05, 0) is 65.6 Å². The van der Waals surface area contributed by atoms with Gasteiger partial charge in [0.1, 0.15) is 23.1 Å². The van der Waals surface area contributed by atoms with Gasteiger partial charge >= 0.3 is 0 Å². The molecular weight excluding hydrogens is 449 g/mol. The minimum Gasteiger partial charge on any atom is -0.508 e. The number of ether oxygens (including phenoxy) is 1. The summed E-state index contributed by atoms with van der Waals surface area (Å²) in [5.41, 5.74) is 1.55. The van der Waals surface area contributed by atoms with Crippen molar-refractivity contribution >= 4 is 23.1 Å². The fraction of sp³-hybridized carbons (Fsp3) is 0.214. The minimum absolute atomic E-state index is 0.0115. The van der Waals surface area contributed by atoms with Gasteiger partial charge in [0.25, 0.3) is 11.7 Å². The van der Waals surface area contributed by atoms with Crippen LogP contribution in [0.1, 0.15) is 43.5 Å². The number of aromatic hydroxyl groups is 1. The number of benzene rings is 3. The lowest BCUT2D eigenvalue weighted by Gasteiger charge is -2.26. The third-order valence-electron chi connectivity index (χ3n) is 6.04. The van der Waals surface area contributed by atoms with E-state index in [0.717, 1.165) is 5.56 Å². The molecule has 6 nitrogen and oxygen atoms in total. The van der Waals surface area contributed by atoms with E-state index in [4.69, 9.17) is 4.74 Å². The van der Waals surface area contributed by atoms with Crippen LogP contribution >= 0.6 is 0 Å². The van der Waals surface area contributed by atoms with Gasteiger partial charge in [-0.2, -0.15) is 0 Å². The van der Waals surface area contributed by atoms with E-state index in [1.165, 1.54) is 41.3 Å². The maximum absolute atomic E-state index is 13.6. The predicted molar refractivity (Wildman–Crippen MR) is 131 cm³/mol. The Labute approximate surface area is 202 Å². The van der Waals surface area contributed by atoms with E-state index >= 15 is 0 Å². The van der Waals surface area contributed by atoms with Gasteiger partial charge in [-0.15, -0.1) is 0 Å². The summed E-state index contributed by atoms with van der Waals surface area (Å²) in [6.45, 7) is 6.00. The zero-order valence-electron chi connectivity index (χ0n) is 19.9. The van der Waals surface area contributed by atoms with Crippen LogP contribution in [0.25, 0.3) is 5.76 Å². The van der Waals surface area contributed by atoms with E-state index < -0.39 is 23.5 Å². The van der Waals surface area contributed by atoms with Crippen LogP contribution in [0.4, 0.5) is 10.1 Å². The number of hydrogen-bond donors (Lipinski definition) is 2. The number of anilines is 1. The highest BCUT2D eigenvalue weighted by molar-refractivity contribution is 6.51. The van der Waals surface area contributed by atoms with Crippen molar-refractivity contribution in [2.24, 2.45) is 0 Å². The molecule has 0 spiro atoms. The molecule has 0 bridgehead atoms. The topological polar surface area (TPSA) is 87.1 Å². The third-order valence-corrected chi connectivity index (χ3v) is 6.04. The molecule has 2 N–H and O–H groups in total. The average molecular weight is 476 g/mol. The molecule has 1 unspecified atom stereocenters. The minimum atomic E-state index is -0.985. The molecule has 180 valence electrons. The maximum Gasteiger partial charge on any atom is 0.300 e. The Morgan fingerprint density at radius 1 is 0.971 bits per heavy atom. The summed E-state index contributed by atoms with van der Waals surface area (Å²) in [5, 5.41) is 21.2. The molecule has 3 aromatic rings. The second kappa shape index (κ2) is 8.91. The molecule has 1 aliphatic rings. The number of nitrogens with zero attached hydrogens (tertiary/aromatic N) is 1. The number of carbonyl (C=O) groups excluding carboxylic acids is 2. The monoisotopic (exact) mass is 475 g/mol. The number of Topliss-reactive ketones (excluding diaryl/α,β-unsaturated/α-hetero) is 1. The molecule has 1 aliphatic heterocycles. The van der Waals surface area contributed by atoms with Crippen LogP contribution in [0.2, 0.25) is 0 Å². The molecule has 0 saturated carbocycles. The van der Waals surface area contributed by atoms with Gasteiger partial charge in [-0.1, -0.05) is 32.9 Å². The summed E-state index contributed by atoms with van der Waals surface area (Å²) in [6.07, 6.45) is 0. The van der Waals surface area contributed by atoms with Crippen LogP contribution in [0, 0.1) is 5.82 Å².